The van der Waals surface area contributed by atoms with E-state index in [-0.39, 0.29) is 23.3 Å². The first-order valence-corrected chi connectivity index (χ1v) is 6.07. The molecule has 0 bridgehead atoms. The lowest BCUT2D eigenvalue weighted by Gasteiger charge is -2.14. The molecule has 1 saturated carbocycles. The van der Waals surface area contributed by atoms with Crippen LogP contribution in [0.3, 0.4) is 0 Å². The van der Waals surface area contributed by atoms with E-state index in [0.29, 0.717) is 0 Å². The van der Waals surface area contributed by atoms with Crippen LogP contribution in [0.25, 0.3) is 0 Å². The number of aromatic hydroxyl groups is 1. The van der Waals surface area contributed by atoms with Crippen molar-refractivity contribution in [2.75, 3.05) is 0 Å². The van der Waals surface area contributed by atoms with E-state index in [9.17, 15) is 19.1 Å². The van der Waals surface area contributed by atoms with Gasteiger partial charge < -0.3 is 15.7 Å². The predicted octanol–water partition coefficient (Wildman–Crippen LogP) is 0.928. The molecule has 1 fully saturated rings. The second kappa shape index (κ2) is 5.26. The van der Waals surface area contributed by atoms with Crippen LogP contribution in [0.5, 0.6) is 5.75 Å². The third kappa shape index (κ3) is 3.43. The maximum absolute atomic E-state index is 13.0. The van der Waals surface area contributed by atoms with Crippen LogP contribution in [0.15, 0.2) is 18.2 Å². The minimum Gasteiger partial charge on any atom is -0.507 e. The van der Waals surface area contributed by atoms with Gasteiger partial charge in [-0.25, -0.2) is 4.39 Å². The molecular formula is C13H15FN2O3. The van der Waals surface area contributed by atoms with E-state index < -0.39 is 17.8 Å². The summed E-state index contributed by atoms with van der Waals surface area (Å²) in [5.74, 6) is -1.92. The minimum absolute atomic E-state index is 0.189. The summed E-state index contributed by atoms with van der Waals surface area (Å²) in [6.07, 6.45) is 1.91. The lowest BCUT2D eigenvalue weighted by molar-refractivity contribution is -0.122. The number of nitrogens with one attached hydrogen (secondary N) is 2. The van der Waals surface area contributed by atoms with Crippen molar-refractivity contribution < 1.29 is 19.1 Å². The summed E-state index contributed by atoms with van der Waals surface area (Å²) in [7, 11) is 0. The molecule has 2 amide bonds. The van der Waals surface area contributed by atoms with Crippen LogP contribution >= 0.6 is 0 Å². The molecule has 0 spiro atoms. The molecule has 19 heavy (non-hydrogen) atoms. The van der Waals surface area contributed by atoms with E-state index in [1.807, 2.05) is 0 Å². The van der Waals surface area contributed by atoms with Crippen LogP contribution in [-0.4, -0.2) is 29.0 Å². The number of carbonyl (C=O) groups excluding carboxylic acids is 2. The Balaban J connectivity index is 1.99. The molecule has 102 valence electrons. The highest BCUT2D eigenvalue weighted by atomic mass is 19.1. The third-order valence-corrected chi connectivity index (χ3v) is 2.87. The van der Waals surface area contributed by atoms with Gasteiger partial charge in [0, 0.05) is 6.04 Å². The Morgan fingerprint density at radius 2 is 2.11 bits per heavy atom. The Kier molecular flexibility index (Phi) is 3.69. The molecule has 1 unspecified atom stereocenters. The summed E-state index contributed by atoms with van der Waals surface area (Å²) in [5, 5.41) is 14.6. The highest BCUT2D eigenvalue weighted by molar-refractivity contribution is 5.99. The van der Waals surface area contributed by atoms with Gasteiger partial charge in [-0.2, -0.15) is 0 Å². The van der Waals surface area contributed by atoms with Gasteiger partial charge in [0.1, 0.15) is 17.6 Å². The van der Waals surface area contributed by atoms with Gasteiger partial charge in [0.05, 0.1) is 5.56 Å². The molecule has 1 aromatic rings. The van der Waals surface area contributed by atoms with Crippen LogP contribution in [-0.2, 0) is 4.79 Å². The van der Waals surface area contributed by atoms with Crippen LogP contribution < -0.4 is 10.6 Å². The number of phenols is 1. The van der Waals surface area contributed by atoms with Crippen molar-refractivity contribution in [2.45, 2.75) is 31.8 Å². The molecule has 0 aromatic heterocycles. The summed E-state index contributed by atoms with van der Waals surface area (Å²) in [5.41, 5.74) is -0.189. The highest BCUT2D eigenvalue weighted by Crippen LogP contribution is 2.19. The van der Waals surface area contributed by atoms with Gasteiger partial charge >= 0.3 is 0 Å². The largest absolute Gasteiger partial charge is 0.507 e. The van der Waals surface area contributed by atoms with Gasteiger partial charge in [-0.3, -0.25) is 9.59 Å². The van der Waals surface area contributed by atoms with Crippen molar-refractivity contribution in [1.82, 2.24) is 10.6 Å². The van der Waals surface area contributed by atoms with Crippen molar-refractivity contribution in [2.24, 2.45) is 0 Å². The number of carbonyl (C=O) groups is 2. The van der Waals surface area contributed by atoms with E-state index in [2.05, 4.69) is 10.6 Å². The second-order valence-corrected chi connectivity index (χ2v) is 4.64. The Morgan fingerprint density at radius 1 is 1.42 bits per heavy atom. The minimum atomic E-state index is -0.740. The topological polar surface area (TPSA) is 78.4 Å². The van der Waals surface area contributed by atoms with Crippen LogP contribution in [0, 0.1) is 5.82 Å². The van der Waals surface area contributed by atoms with Crippen molar-refractivity contribution in [3.63, 3.8) is 0 Å². The summed E-state index contributed by atoms with van der Waals surface area (Å²) >= 11 is 0. The monoisotopic (exact) mass is 266 g/mol. The molecule has 5 nitrogen and oxygen atoms in total. The predicted molar refractivity (Wildman–Crippen MR) is 66.2 cm³/mol. The van der Waals surface area contributed by atoms with E-state index in [0.717, 1.165) is 31.0 Å². The molecule has 3 N–H and O–H groups in total. The van der Waals surface area contributed by atoms with E-state index in [1.54, 1.807) is 0 Å². The van der Waals surface area contributed by atoms with Crippen molar-refractivity contribution in [3.8, 4) is 5.75 Å². The fourth-order valence-corrected chi connectivity index (χ4v) is 1.58. The first kappa shape index (κ1) is 13.3. The van der Waals surface area contributed by atoms with Crippen LogP contribution in [0.2, 0.25) is 0 Å². The van der Waals surface area contributed by atoms with Gasteiger partial charge in [-0.1, -0.05) is 0 Å². The molecule has 1 atom stereocenters. The van der Waals surface area contributed by atoms with E-state index >= 15 is 0 Å². The number of amides is 2. The van der Waals surface area contributed by atoms with Gasteiger partial charge in [0.25, 0.3) is 5.91 Å². The van der Waals surface area contributed by atoms with Crippen molar-refractivity contribution >= 4 is 11.8 Å². The molecule has 1 aliphatic rings. The first-order chi connectivity index (χ1) is 8.97. The average molecular weight is 266 g/mol. The van der Waals surface area contributed by atoms with Crippen molar-refractivity contribution in [1.29, 1.82) is 0 Å². The zero-order valence-electron chi connectivity index (χ0n) is 10.4. The Morgan fingerprint density at radius 3 is 2.74 bits per heavy atom. The van der Waals surface area contributed by atoms with Gasteiger partial charge in [-0.15, -0.1) is 0 Å². The smallest absolute Gasteiger partial charge is 0.255 e. The highest BCUT2D eigenvalue weighted by Gasteiger charge is 2.26. The Labute approximate surface area is 109 Å². The molecule has 2 rings (SSSR count). The number of phenolic OH excluding ortho intramolecular Hbond substituents is 1. The summed E-state index contributed by atoms with van der Waals surface area (Å²) in [6, 6.07) is 2.54. The van der Waals surface area contributed by atoms with Crippen molar-refractivity contribution in [3.05, 3.63) is 29.6 Å². The fourth-order valence-electron chi connectivity index (χ4n) is 1.58. The molecule has 0 saturated heterocycles. The van der Waals surface area contributed by atoms with Gasteiger partial charge in [0.2, 0.25) is 5.91 Å². The lowest BCUT2D eigenvalue weighted by atomic mass is 10.1. The number of hydrogen-bond donors (Lipinski definition) is 3. The molecule has 6 heteroatoms. The maximum atomic E-state index is 13.0. The zero-order valence-corrected chi connectivity index (χ0v) is 10.4. The number of hydrogen-bond acceptors (Lipinski definition) is 3. The first-order valence-electron chi connectivity index (χ1n) is 6.07. The second-order valence-electron chi connectivity index (χ2n) is 4.64. The van der Waals surface area contributed by atoms with Gasteiger partial charge in [-0.05, 0) is 38.0 Å². The average Bonchev–Trinajstić information content (AvgIpc) is 3.15. The van der Waals surface area contributed by atoms with Crippen LogP contribution in [0.1, 0.15) is 30.1 Å². The summed E-state index contributed by atoms with van der Waals surface area (Å²) in [4.78, 5) is 23.5. The SMILES string of the molecule is CC(NC(=O)c1cc(F)ccc1O)C(=O)NC1CC1. The quantitative estimate of drug-likeness (QED) is 0.758. The number of rotatable bonds is 4. The lowest BCUT2D eigenvalue weighted by Crippen LogP contribution is -2.45. The molecule has 0 aliphatic heterocycles. The molecule has 1 aromatic carbocycles. The standard InChI is InChI=1S/C13H15FN2O3/c1-7(12(18)16-9-3-4-9)15-13(19)10-6-8(14)2-5-11(10)17/h2,5-7,9,17H,3-4H2,1H3,(H,15,19)(H,16,18). The van der Waals surface area contributed by atoms with E-state index in [4.69, 9.17) is 0 Å². The van der Waals surface area contributed by atoms with E-state index in [1.165, 1.54) is 6.92 Å². The fraction of sp³-hybridized carbons (Fsp3) is 0.385. The summed E-state index contributed by atoms with van der Waals surface area (Å²) in [6.45, 7) is 1.53. The third-order valence-electron chi connectivity index (χ3n) is 2.87. The normalized spacial score (nSPS) is 15.7. The van der Waals surface area contributed by atoms with Gasteiger partial charge in [0.15, 0.2) is 0 Å². The number of benzene rings is 1. The number of halogens is 1. The molecule has 1 aliphatic carbocycles. The molecule has 0 radical (unpaired) electrons. The Hall–Kier alpha value is -2.11. The molecule has 0 heterocycles. The summed E-state index contributed by atoms with van der Waals surface area (Å²) < 4.78 is 13.0. The zero-order chi connectivity index (χ0) is 14.0. The molecular weight excluding hydrogens is 251 g/mol. The van der Waals surface area contributed by atoms with Crippen LogP contribution in [0.4, 0.5) is 4.39 Å². The maximum Gasteiger partial charge on any atom is 0.255 e. The Bertz CT molecular complexity index is 515.